The standard InChI is InChI=1S/C20H22N6O3/c1-28-15-9-14(10-16(11-15)29-2)20(27)23-8-7-22-18-12-19(25-13-24-18)26-17-5-3-4-6-21-17/h3-6,9-13H,7-8H2,1-2H3,(H,23,27)(H2,21,22,24,25,26). The molecule has 3 aromatic rings. The van der Waals surface area contributed by atoms with E-state index >= 15 is 0 Å². The van der Waals surface area contributed by atoms with Gasteiger partial charge in [0.15, 0.2) is 0 Å². The van der Waals surface area contributed by atoms with Gasteiger partial charge < -0.3 is 25.4 Å². The Morgan fingerprint density at radius 2 is 1.66 bits per heavy atom. The first kappa shape index (κ1) is 19.9. The second-order valence-corrected chi connectivity index (χ2v) is 5.91. The molecular formula is C20H22N6O3. The molecule has 9 heteroatoms. The third kappa shape index (κ3) is 5.80. The Bertz CT molecular complexity index is 930. The fourth-order valence-electron chi connectivity index (χ4n) is 2.50. The van der Waals surface area contributed by atoms with Gasteiger partial charge in [0.05, 0.1) is 14.2 Å². The van der Waals surface area contributed by atoms with E-state index in [1.54, 1.807) is 44.7 Å². The van der Waals surface area contributed by atoms with Gasteiger partial charge in [-0.25, -0.2) is 15.0 Å². The van der Waals surface area contributed by atoms with Crippen LogP contribution >= 0.6 is 0 Å². The Morgan fingerprint density at radius 3 is 2.34 bits per heavy atom. The van der Waals surface area contributed by atoms with Gasteiger partial charge in [-0.3, -0.25) is 4.79 Å². The summed E-state index contributed by atoms with van der Waals surface area (Å²) in [4.78, 5) is 24.9. The lowest BCUT2D eigenvalue weighted by Crippen LogP contribution is -2.29. The lowest BCUT2D eigenvalue weighted by atomic mass is 10.2. The molecule has 9 nitrogen and oxygen atoms in total. The molecule has 2 heterocycles. The Balaban J connectivity index is 1.50. The predicted octanol–water partition coefficient (Wildman–Crippen LogP) is 2.47. The minimum atomic E-state index is -0.218. The van der Waals surface area contributed by atoms with Crippen molar-refractivity contribution in [1.29, 1.82) is 0 Å². The summed E-state index contributed by atoms with van der Waals surface area (Å²) < 4.78 is 10.4. The highest BCUT2D eigenvalue weighted by atomic mass is 16.5. The van der Waals surface area contributed by atoms with Gasteiger partial charge in [-0.15, -0.1) is 0 Å². The Labute approximate surface area is 168 Å². The van der Waals surface area contributed by atoms with E-state index in [0.717, 1.165) is 0 Å². The van der Waals surface area contributed by atoms with E-state index in [4.69, 9.17) is 9.47 Å². The molecule has 0 unspecified atom stereocenters. The number of ether oxygens (including phenoxy) is 2. The van der Waals surface area contributed by atoms with Crippen molar-refractivity contribution in [2.24, 2.45) is 0 Å². The van der Waals surface area contributed by atoms with Crippen molar-refractivity contribution >= 4 is 23.4 Å². The second-order valence-electron chi connectivity index (χ2n) is 5.91. The molecule has 150 valence electrons. The molecule has 2 aromatic heterocycles. The van der Waals surface area contributed by atoms with Gasteiger partial charge in [-0.2, -0.15) is 0 Å². The van der Waals surface area contributed by atoms with Gasteiger partial charge >= 0.3 is 0 Å². The van der Waals surface area contributed by atoms with E-state index in [0.29, 0.717) is 47.6 Å². The Morgan fingerprint density at radius 1 is 0.897 bits per heavy atom. The lowest BCUT2D eigenvalue weighted by molar-refractivity contribution is 0.0954. The third-order valence-electron chi connectivity index (χ3n) is 3.92. The van der Waals surface area contributed by atoms with Crippen LogP contribution in [0.15, 0.2) is 55.0 Å². The van der Waals surface area contributed by atoms with Crippen LogP contribution < -0.4 is 25.4 Å². The van der Waals surface area contributed by atoms with Gasteiger partial charge in [0.2, 0.25) is 0 Å². The fraction of sp³-hybridized carbons (Fsp3) is 0.200. The molecule has 1 aromatic carbocycles. The zero-order valence-electron chi connectivity index (χ0n) is 16.2. The maximum Gasteiger partial charge on any atom is 0.251 e. The number of rotatable bonds is 9. The Kier molecular flexibility index (Phi) is 6.77. The first-order chi connectivity index (χ1) is 14.2. The zero-order chi connectivity index (χ0) is 20.5. The number of pyridine rings is 1. The number of carbonyl (C=O) groups is 1. The number of benzene rings is 1. The maximum atomic E-state index is 12.4. The molecule has 0 atom stereocenters. The molecule has 3 N–H and O–H groups in total. The van der Waals surface area contributed by atoms with Crippen LogP contribution in [0.2, 0.25) is 0 Å². The molecule has 0 bridgehead atoms. The minimum Gasteiger partial charge on any atom is -0.497 e. The number of aromatic nitrogens is 3. The molecule has 0 saturated heterocycles. The smallest absolute Gasteiger partial charge is 0.251 e. The summed E-state index contributed by atoms with van der Waals surface area (Å²) in [5.74, 6) is 2.84. The molecule has 0 aliphatic rings. The summed E-state index contributed by atoms with van der Waals surface area (Å²) in [5.41, 5.74) is 0.463. The van der Waals surface area contributed by atoms with Crippen LogP contribution in [0.25, 0.3) is 0 Å². The van der Waals surface area contributed by atoms with Gasteiger partial charge in [-0.05, 0) is 24.3 Å². The van der Waals surface area contributed by atoms with Gasteiger partial charge in [0.1, 0.15) is 35.3 Å². The van der Waals surface area contributed by atoms with E-state index in [-0.39, 0.29) is 5.91 Å². The summed E-state index contributed by atoms with van der Waals surface area (Å²) in [7, 11) is 3.08. The van der Waals surface area contributed by atoms with Crippen molar-refractivity contribution in [2.45, 2.75) is 0 Å². The second kappa shape index (κ2) is 9.88. The summed E-state index contributed by atoms with van der Waals surface area (Å²) in [6.07, 6.45) is 3.15. The van der Waals surface area contributed by atoms with Crippen LogP contribution in [0, 0.1) is 0 Å². The highest BCUT2D eigenvalue weighted by Crippen LogP contribution is 2.22. The summed E-state index contributed by atoms with van der Waals surface area (Å²) in [6.45, 7) is 0.901. The number of nitrogens with zero attached hydrogens (tertiary/aromatic N) is 3. The van der Waals surface area contributed by atoms with Crippen molar-refractivity contribution in [3.63, 3.8) is 0 Å². The summed E-state index contributed by atoms with van der Waals surface area (Å²) >= 11 is 0. The molecule has 0 fully saturated rings. The first-order valence-electron chi connectivity index (χ1n) is 8.93. The molecule has 0 aliphatic carbocycles. The van der Waals surface area contributed by atoms with E-state index in [1.165, 1.54) is 6.33 Å². The number of hydrogen-bond acceptors (Lipinski definition) is 8. The van der Waals surface area contributed by atoms with Crippen molar-refractivity contribution < 1.29 is 14.3 Å². The van der Waals surface area contributed by atoms with Gasteiger partial charge in [0.25, 0.3) is 5.91 Å². The van der Waals surface area contributed by atoms with Crippen molar-refractivity contribution in [3.05, 3.63) is 60.6 Å². The molecule has 0 spiro atoms. The molecule has 1 amide bonds. The number of anilines is 3. The molecule has 0 aliphatic heterocycles. The maximum absolute atomic E-state index is 12.4. The summed E-state index contributed by atoms with van der Waals surface area (Å²) in [6, 6.07) is 12.4. The number of carbonyl (C=O) groups excluding carboxylic acids is 1. The van der Waals surface area contributed by atoms with Crippen LogP contribution in [0.1, 0.15) is 10.4 Å². The first-order valence-corrected chi connectivity index (χ1v) is 8.93. The average molecular weight is 394 g/mol. The number of hydrogen-bond donors (Lipinski definition) is 3. The van der Waals surface area contributed by atoms with Crippen LogP contribution in [0.3, 0.4) is 0 Å². The van der Waals surface area contributed by atoms with Crippen LogP contribution in [-0.4, -0.2) is 48.2 Å². The number of amides is 1. The Hall–Kier alpha value is -3.88. The fourth-order valence-corrected chi connectivity index (χ4v) is 2.50. The van der Waals surface area contributed by atoms with Crippen molar-refractivity contribution in [2.75, 3.05) is 37.9 Å². The molecule has 29 heavy (non-hydrogen) atoms. The van der Waals surface area contributed by atoms with Crippen molar-refractivity contribution in [1.82, 2.24) is 20.3 Å². The largest absolute Gasteiger partial charge is 0.497 e. The van der Waals surface area contributed by atoms with Crippen LogP contribution in [-0.2, 0) is 0 Å². The third-order valence-corrected chi connectivity index (χ3v) is 3.92. The van der Waals surface area contributed by atoms with E-state index in [9.17, 15) is 4.79 Å². The van der Waals surface area contributed by atoms with Gasteiger partial charge in [-0.1, -0.05) is 6.07 Å². The normalized spacial score (nSPS) is 10.1. The van der Waals surface area contributed by atoms with Crippen LogP contribution in [0.5, 0.6) is 11.5 Å². The SMILES string of the molecule is COc1cc(OC)cc(C(=O)NCCNc2cc(Nc3ccccn3)ncn2)c1. The number of methoxy groups -OCH3 is 2. The monoisotopic (exact) mass is 394 g/mol. The zero-order valence-corrected chi connectivity index (χ0v) is 16.2. The van der Waals surface area contributed by atoms with E-state index in [1.807, 2.05) is 18.2 Å². The van der Waals surface area contributed by atoms with Gasteiger partial charge in [0, 0.05) is 37.0 Å². The minimum absolute atomic E-state index is 0.218. The predicted molar refractivity (Wildman–Crippen MR) is 110 cm³/mol. The molecule has 3 rings (SSSR count). The topological polar surface area (TPSA) is 110 Å². The van der Waals surface area contributed by atoms with Crippen LogP contribution in [0.4, 0.5) is 17.5 Å². The quantitative estimate of drug-likeness (QED) is 0.475. The van der Waals surface area contributed by atoms with E-state index in [2.05, 4.69) is 30.9 Å². The van der Waals surface area contributed by atoms with Crippen molar-refractivity contribution in [3.8, 4) is 11.5 Å². The highest BCUT2D eigenvalue weighted by Gasteiger charge is 2.09. The lowest BCUT2D eigenvalue weighted by Gasteiger charge is -2.10. The highest BCUT2D eigenvalue weighted by molar-refractivity contribution is 5.95. The molecule has 0 radical (unpaired) electrons. The molecular weight excluding hydrogens is 372 g/mol. The summed E-state index contributed by atoms with van der Waals surface area (Å²) in [5, 5.41) is 9.09. The van der Waals surface area contributed by atoms with E-state index < -0.39 is 0 Å². The molecule has 0 saturated carbocycles. The average Bonchev–Trinajstić information content (AvgIpc) is 2.77. The number of nitrogens with one attached hydrogen (secondary N) is 3.